The van der Waals surface area contributed by atoms with Crippen LogP contribution in [0.1, 0.15) is 20.3 Å². The van der Waals surface area contributed by atoms with Crippen molar-refractivity contribution in [1.82, 2.24) is 0 Å². The van der Waals surface area contributed by atoms with Gasteiger partial charge in [0.15, 0.2) is 17.7 Å². The van der Waals surface area contributed by atoms with E-state index in [2.05, 4.69) is 31.9 Å². The lowest BCUT2D eigenvalue weighted by Gasteiger charge is -2.33. The van der Waals surface area contributed by atoms with Crippen LogP contribution >= 0.6 is 31.9 Å². The van der Waals surface area contributed by atoms with E-state index >= 15 is 0 Å². The fraction of sp³-hybridized carbons (Fsp3) is 0.923. The lowest BCUT2D eigenvalue weighted by molar-refractivity contribution is -0.253. The number of halogens is 2. The second kappa shape index (κ2) is 6.41. The summed E-state index contributed by atoms with van der Waals surface area (Å²) in [5, 5.41) is 0.661. The molecule has 1 unspecified atom stereocenters. The highest BCUT2D eigenvalue weighted by molar-refractivity contribution is 9.12. The van der Waals surface area contributed by atoms with E-state index in [0.29, 0.717) is 11.8 Å². The Balaban J connectivity index is 2.37. The van der Waals surface area contributed by atoms with Crippen molar-refractivity contribution in [2.45, 2.75) is 55.0 Å². The predicted molar refractivity (Wildman–Crippen MR) is 81.6 cm³/mol. The molecule has 21 heavy (non-hydrogen) atoms. The minimum absolute atomic E-state index is 0.0140. The Hall–Kier alpha value is 0.270. The summed E-state index contributed by atoms with van der Waals surface area (Å²) in [5.74, 6) is -1.28. The molecule has 0 radical (unpaired) electrons. The summed E-state index contributed by atoms with van der Waals surface area (Å²) in [7, 11) is 2.85. The van der Waals surface area contributed by atoms with Gasteiger partial charge in [-0.15, -0.1) is 0 Å². The smallest absolute Gasteiger partial charge is 0.341 e. The van der Waals surface area contributed by atoms with Crippen molar-refractivity contribution in [2.24, 2.45) is 0 Å². The normalized spacial score (nSPS) is 39.0. The molecule has 122 valence electrons. The molecule has 8 heteroatoms. The Labute approximate surface area is 141 Å². The highest BCUT2D eigenvalue weighted by Gasteiger charge is 2.67. The van der Waals surface area contributed by atoms with Crippen LogP contribution in [0.5, 0.6) is 0 Å². The summed E-state index contributed by atoms with van der Waals surface area (Å²) < 4.78 is 27.9. The topological polar surface area (TPSA) is 63.2 Å². The third-order valence-corrected chi connectivity index (χ3v) is 5.94. The summed E-state index contributed by atoms with van der Waals surface area (Å²) >= 11 is 6.90. The van der Waals surface area contributed by atoms with E-state index < -0.39 is 35.9 Å². The van der Waals surface area contributed by atoms with Gasteiger partial charge >= 0.3 is 5.97 Å². The summed E-state index contributed by atoms with van der Waals surface area (Å²) in [6.45, 7) is 3.60. The average Bonchev–Trinajstić information content (AvgIpc) is 2.90. The van der Waals surface area contributed by atoms with Crippen LogP contribution < -0.4 is 0 Å². The third-order valence-electron chi connectivity index (χ3n) is 3.64. The molecule has 2 rings (SSSR count). The lowest BCUT2D eigenvalue weighted by atomic mass is 9.90. The zero-order valence-electron chi connectivity index (χ0n) is 12.4. The minimum Gasteiger partial charge on any atom is -0.467 e. The van der Waals surface area contributed by atoms with Crippen LogP contribution in [0.25, 0.3) is 0 Å². The first-order valence-electron chi connectivity index (χ1n) is 6.64. The van der Waals surface area contributed by atoms with E-state index in [-0.39, 0.29) is 4.83 Å². The molecular formula is C13H20Br2O6. The highest BCUT2D eigenvalue weighted by atomic mass is 79.9. The number of carbonyl (C=O) groups is 1. The van der Waals surface area contributed by atoms with E-state index in [0.717, 1.165) is 0 Å². The molecule has 2 fully saturated rings. The van der Waals surface area contributed by atoms with Crippen LogP contribution in [-0.4, -0.2) is 60.2 Å². The number of esters is 1. The van der Waals surface area contributed by atoms with Crippen molar-refractivity contribution in [3.63, 3.8) is 0 Å². The van der Waals surface area contributed by atoms with Gasteiger partial charge in [0, 0.05) is 23.7 Å². The maximum Gasteiger partial charge on any atom is 0.341 e. The van der Waals surface area contributed by atoms with Gasteiger partial charge in [0.2, 0.25) is 0 Å². The zero-order valence-corrected chi connectivity index (χ0v) is 15.6. The van der Waals surface area contributed by atoms with Crippen molar-refractivity contribution in [3.05, 3.63) is 0 Å². The SMILES string of the molecule is COC(=O)[C@@]1(CC(Br)CBr)O[C@@H](OC)[C@@H]2OC(C)(C)O[C@@H]21. The van der Waals surface area contributed by atoms with E-state index in [4.69, 9.17) is 23.7 Å². The molecule has 0 spiro atoms. The summed E-state index contributed by atoms with van der Waals surface area (Å²) in [4.78, 5) is 12.4. The van der Waals surface area contributed by atoms with Gasteiger partial charge in [-0.25, -0.2) is 4.79 Å². The van der Waals surface area contributed by atoms with Gasteiger partial charge in [-0.3, -0.25) is 0 Å². The second-order valence-corrected chi connectivity index (χ2v) is 7.52. The molecule has 2 aliphatic rings. The molecule has 2 heterocycles. The average molecular weight is 432 g/mol. The molecule has 0 aliphatic carbocycles. The maximum atomic E-state index is 12.4. The molecule has 2 aliphatic heterocycles. The number of alkyl halides is 2. The van der Waals surface area contributed by atoms with Crippen LogP contribution in [-0.2, 0) is 28.5 Å². The van der Waals surface area contributed by atoms with E-state index in [9.17, 15) is 4.79 Å². The summed E-state index contributed by atoms with van der Waals surface area (Å²) in [6.07, 6.45) is -1.35. The van der Waals surface area contributed by atoms with Gasteiger partial charge in [0.05, 0.1) is 7.11 Å². The summed E-state index contributed by atoms with van der Waals surface area (Å²) in [5.41, 5.74) is -1.25. The fourth-order valence-corrected chi connectivity index (χ4v) is 3.55. The van der Waals surface area contributed by atoms with Crippen molar-refractivity contribution in [1.29, 1.82) is 0 Å². The van der Waals surface area contributed by atoms with Crippen LogP contribution in [0.2, 0.25) is 0 Å². The molecular weight excluding hydrogens is 412 g/mol. The molecule has 6 nitrogen and oxygen atoms in total. The third kappa shape index (κ3) is 3.16. The van der Waals surface area contributed by atoms with E-state index in [1.165, 1.54) is 14.2 Å². The van der Waals surface area contributed by atoms with Crippen molar-refractivity contribution >= 4 is 37.8 Å². The number of ether oxygens (including phenoxy) is 5. The Kier molecular flexibility index (Phi) is 5.38. The standard InChI is InChI=1S/C13H20Br2O6/c1-12(2)19-8-9(20-12)13(11(16)18-4,5-7(15)6-14)21-10(8)17-3/h7-10H,5-6H2,1-4H3/t7?,8-,9+,10-,13+/m1/s1. The number of carbonyl (C=O) groups excluding carboxylic acids is 1. The zero-order chi connectivity index (χ0) is 15.8. The summed E-state index contributed by atoms with van der Waals surface area (Å²) in [6, 6.07) is 0. The lowest BCUT2D eigenvalue weighted by Crippen LogP contribution is -2.52. The van der Waals surface area contributed by atoms with Gasteiger partial charge in [0.25, 0.3) is 0 Å². The Morgan fingerprint density at radius 1 is 1.29 bits per heavy atom. The molecule has 0 aromatic rings. The number of rotatable bonds is 5. The quantitative estimate of drug-likeness (QED) is 0.489. The molecule has 0 amide bonds. The van der Waals surface area contributed by atoms with Crippen LogP contribution in [0.3, 0.4) is 0 Å². The van der Waals surface area contributed by atoms with Gasteiger partial charge in [0.1, 0.15) is 12.2 Å². The Morgan fingerprint density at radius 3 is 2.48 bits per heavy atom. The van der Waals surface area contributed by atoms with Crippen molar-refractivity contribution in [2.75, 3.05) is 19.5 Å². The van der Waals surface area contributed by atoms with E-state index in [1.807, 2.05) is 0 Å². The van der Waals surface area contributed by atoms with Crippen molar-refractivity contribution in [3.8, 4) is 0 Å². The first kappa shape index (κ1) is 17.6. The second-order valence-electron chi connectivity index (χ2n) is 5.58. The van der Waals surface area contributed by atoms with Crippen LogP contribution in [0.15, 0.2) is 0 Å². The molecule has 0 N–H and O–H groups in total. The molecule has 2 saturated heterocycles. The van der Waals surface area contributed by atoms with Gasteiger partial charge in [-0.05, 0) is 13.8 Å². The monoisotopic (exact) mass is 430 g/mol. The van der Waals surface area contributed by atoms with Crippen LogP contribution in [0, 0.1) is 0 Å². The predicted octanol–water partition coefficient (Wildman–Crippen LogP) is 1.97. The molecule has 0 saturated carbocycles. The minimum atomic E-state index is -1.25. The van der Waals surface area contributed by atoms with Gasteiger partial charge in [-0.2, -0.15) is 0 Å². The highest BCUT2D eigenvalue weighted by Crippen LogP contribution is 2.47. The molecule has 0 aromatic carbocycles. The van der Waals surface area contributed by atoms with Crippen molar-refractivity contribution < 1.29 is 28.5 Å². The largest absolute Gasteiger partial charge is 0.467 e. The number of fused-ring (bicyclic) bond motifs is 1. The van der Waals surface area contributed by atoms with Gasteiger partial charge in [-0.1, -0.05) is 31.9 Å². The molecule has 0 bridgehead atoms. The number of methoxy groups -OCH3 is 2. The van der Waals surface area contributed by atoms with Gasteiger partial charge < -0.3 is 23.7 Å². The van der Waals surface area contributed by atoms with E-state index in [1.54, 1.807) is 13.8 Å². The Bertz CT molecular complexity index is 400. The molecule has 0 aromatic heterocycles. The molecule has 5 atom stereocenters. The number of hydrogen-bond donors (Lipinski definition) is 0. The first-order valence-corrected chi connectivity index (χ1v) is 8.68. The number of hydrogen-bond acceptors (Lipinski definition) is 6. The Morgan fingerprint density at radius 2 is 1.95 bits per heavy atom. The van der Waals surface area contributed by atoms with Crippen LogP contribution in [0.4, 0.5) is 0 Å². The first-order chi connectivity index (χ1) is 9.79. The maximum absolute atomic E-state index is 12.4. The fourth-order valence-electron chi connectivity index (χ4n) is 2.84.